The lowest BCUT2D eigenvalue weighted by Crippen LogP contribution is -2.42. The van der Waals surface area contributed by atoms with Crippen LogP contribution in [0.3, 0.4) is 0 Å². The maximum Gasteiger partial charge on any atom is 0.191 e. The monoisotopic (exact) mass is 418 g/mol. The molecule has 21 heavy (non-hydrogen) atoms. The summed E-state index contributed by atoms with van der Waals surface area (Å²) in [6.45, 7) is 2.62. The Morgan fingerprint density at radius 3 is 2.81 bits per heavy atom. The van der Waals surface area contributed by atoms with Gasteiger partial charge in [0.2, 0.25) is 0 Å². The lowest BCUT2D eigenvalue weighted by molar-refractivity contribution is 0.455. The number of fused-ring (bicyclic) bond motifs is 1. The molecule has 6 heteroatoms. The first kappa shape index (κ1) is 16.9. The molecule has 3 rings (SSSR count). The third-order valence-corrected chi connectivity index (χ3v) is 4.92. The molecule has 1 aliphatic carbocycles. The van der Waals surface area contributed by atoms with Crippen molar-refractivity contribution in [2.75, 3.05) is 24.6 Å². The van der Waals surface area contributed by atoms with Crippen LogP contribution in [0.5, 0.6) is 0 Å². The molecule has 4 nitrogen and oxygen atoms in total. The molecular weight excluding hydrogens is 395 g/mol. The van der Waals surface area contributed by atoms with Gasteiger partial charge in [-0.25, -0.2) is 4.99 Å². The van der Waals surface area contributed by atoms with Gasteiger partial charge in [0.05, 0.1) is 12.2 Å². The molecule has 2 heterocycles. The summed E-state index contributed by atoms with van der Waals surface area (Å²) in [4.78, 5) is 11.4. The van der Waals surface area contributed by atoms with E-state index in [-0.39, 0.29) is 24.0 Å². The Balaban J connectivity index is 0.00000161. The van der Waals surface area contributed by atoms with Crippen molar-refractivity contribution in [3.8, 4) is 0 Å². The number of nitrogens with zero attached hydrogens (tertiary/aromatic N) is 3. The normalized spacial score (nSPS) is 18.9. The van der Waals surface area contributed by atoms with E-state index in [2.05, 4.69) is 22.0 Å². The summed E-state index contributed by atoms with van der Waals surface area (Å²) in [5.41, 5.74) is 9.81. The molecule has 0 bridgehead atoms. The van der Waals surface area contributed by atoms with Gasteiger partial charge < -0.3 is 10.6 Å². The van der Waals surface area contributed by atoms with E-state index >= 15 is 0 Å². The minimum Gasteiger partial charge on any atom is -0.370 e. The number of aromatic nitrogens is 1. The van der Waals surface area contributed by atoms with Gasteiger partial charge in [-0.15, -0.1) is 24.0 Å². The van der Waals surface area contributed by atoms with Crippen LogP contribution in [0.25, 0.3) is 0 Å². The zero-order valence-electron chi connectivity index (χ0n) is 12.3. The van der Waals surface area contributed by atoms with Crippen molar-refractivity contribution in [2.45, 2.75) is 32.2 Å². The van der Waals surface area contributed by atoms with Crippen LogP contribution in [0.2, 0.25) is 0 Å². The van der Waals surface area contributed by atoms with Crippen molar-refractivity contribution in [1.29, 1.82) is 0 Å². The number of aryl methyl sites for hydroxylation is 2. The third kappa shape index (κ3) is 4.48. The topological polar surface area (TPSA) is 54.5 Å². The minimum atomic E-state index is 0. The van der Waals surface area contributed by atoms with E-state index < -0.39 is 0 Å². The highest BCUT2D eigenvalue weighted by molar-refractivity contribution is 14.0. The lowest BCUT2D eigenvalue weighted by Gasteiger charge is -2.27. The fourth-order valence-corrected chi connectivity index (χ4v) is 3.67. The SMILES string of the molecule is I.NC(=NCc1ccc2c(n1)CCCC2)N1CCSCC1. The van der Waals surface area contributed by atoms with Crippen LogP contribution in [-0.4, -0.2) is 40.4 Å². The molecule has 0 aromatic carbocycles. The van der Waals surface area contributed by atoms with Gasteiger partial charge in [-0.1, -0.05) is 6.07 Å². The summed E-state index contributed by atoms with van der Waals surface area (Å²) in [6, 6.07) is 4.33. The van der Waals surface area contributed by atoms with E-state index in [0.29, 0.717) is 12.5 Å². The summed E-state index contributed by atoms with van der Waals surface area (Å²) >= 11 is 1.98. The highest BCUT2D eigenvalue weighted by Gasteiger charge is 2.13. The molecule has 1 aromatic rings. The summed E-state index contributed by atoms with van der Waals surface area (Å²) in [5, 5.41) is 0. The average Bonchev–Trinajstić information content (AvgIpc) is 2.53. The van der Waals surface area contributed by atoms with Gasteiger partial charge in [0.15, 0.2) is 5.96 Å². The number of thioether (sulfide) groups is 1. The summed E-state index contributed by atoms with van der Waals surface area (Å²) in [5.74, 6) is 2.96. The van der Waals surface area contributed by atoms with E-state index in [1.807, 2.05) is 11.8 Å². The second kappa shape index (κ2) is 8.22. The average molecular weight is 418 g/mol. The van der Waals surface area contributed by atoms with E-state index in [0.717, 1.165) is 36.7 Å². The molecule has 1 saturated heterocycles. The number of hydrogen-bond acceptors (Lipinski definition) is 3. The van der Waals surface area contributed by atoms with Gasteiger partial charge in [0, 0.05) is 30.3 Å². The number of nitrogens with two attached hydrogens (primary N) is 1. The van der Waals surface area contributed by atoms with Gasteiger partial charge >= 0.3 is 0 Å². The fraction of sp³-hybridized carbons (Fsp3) is 0.600. The molecular formula is C15H23IN4S. The molecule has 0 unspecified atom stereocenters. The summed E-state index contributed by atoms with van der Waals surface area (Å²) in [6.07, 6.45) is 4.86. The maximum absolute atomic E-state index is 6.07. The molecule has 2 N–H and O–H groups in total. The largest absolute Gasteiger partial charge is 0.370 e. The van der Waals surface area contributed by atoms with E-state index in [1.165, 1.54) is 30.5 Å². The van der Waals surface area contributed by atoms with E-state index in [4.69, 9.17) is 10.7 Å². The van der Waals surface area contributed by atoms with Crippen LogP contribution < -0.4 is 5.73 Å². The molecule has 0 radical (unpaired) electrons. The molecule has 1 aliphatic heterocycles. The van der Waals surface area contributed by atoms with Crippen molar-refractivity contribution < 1.29 is 0 Å². The van der Waals surface area contributed by atoms with Gasteiger partial charge in [0.1, 0.15) is 0 Å². The van der Waals surface area contributed by atoms with Crippen LogP contribution in [0.1, 0.15) is 29.8 Å². The summed E-state index contributed by atoms with van der Waals surface area (Å²) < 4.78 is 0. The van der Waals surface area contributed by atoms with Crippen LogP contribution >= 0.6 is 35.7 Å². The van der Waals surface area contributed by atoms with Crippen LogP contribution in [0.15, 0.2) is 17.1 Å². The number of rotatable bonds is 2. The number of guanidine groups is 1. The van der Waals surface area contributed by atoms with Gasteiger partial charge in [-0.05, 0) is 37.3 Å². The maximum atomic E-state index is 6.07. The molecule has 1 aromatic heterocycles. The Morgan fingerprint density at radius 1 is 1.24 bits per heavy atom. The third-order valence-electron chi connectivity index (χ3n) is 3.97. The Kier molecular flexibility index (Phi) is 6.60. The Morgan fingerprint density at radius 2 is 2.00 bits per heavy atom. The minimum absolute atomic E-state index is 0. The Hall–Kier alpha value is -0.500. The van der Waals surface area contributed by atoms with Crippen molar-refractivity contribution in [3.63, 3.8) is 0 Å². The van der Waals surface area contributed by atoms with Crippen LogP contribution in [-0.2, 0) is 19.4 Å². The number of aliphatic imine (C=N–C) groups is 1. The second-order valence-corrected chi connectivity index (χ2v) is 6.61. The number of hydrogen-bond donors (Lipinski definition) is 1. The smallest absolute Gasteiger partial charge is 0.191 e. The van der Waals surface area contributed by atoms with Crippen molar-refractivity contribution >= 4 is 41.7 Å². The first-order valence-electron chi connectivity index (χ1n) is 7.43. The molecule has 0 saturated carbocycles. The molecule has 116 valence electrons. The van der Waals surface area contributed by atoms with Crippen molar-refractivity contribution in [1.82, 2.24) is 9.88 Å². The first-order chi connectivity index (χ1) is 9.83. The molecule has 0 amide bonds. The van der Waals surface area contributed by atoms with E-state index in [1.54, 1.807) is 0 Å². The fourth-order valence-electron chi connectivity index (χ4n) is 2.77. The van der Waals surface area contributed by atoms with Gasteiger partial charge in [0.25, 0.3) is 0 Å². The molecule has 2 aliphatic rings. The zero-order chi connectivity index (χ0) is 13.8. The van der Waals surface area contributed by atoms with Gasteiger partial charge in [-0.3, -0.25) is 4.98 Å². The van der Waals surface area contributed by atoms with E-state index in [9.17, 15) is 0 Å². The van der Waals surface area contributed by atoms with Crippen LogP contribution in [0, 0.1) is 0 Å². The zero-order valence-corrected chi connectivity index (χ0v) is 15.4. The lowest BCUT2D eigenvalue weighted by atomic mass is 9.96. The first-order valence-corrected chi connectivity index (χ1v) is 8.59. The highest BCUT2D eigenvalue weighted by atomic mass is 127. The summed E-state index contributed by atoms with van der Waals surface area (Å²) in [7, 11) is 0. The Labute approximate surface area is 148 Å². The predicted molar refractivity (Wildman–Crippen MR) is 101 cm³/mol. The second-order valence-electron chi connectivity index (χ2n) is 5.39. The molecule has 0 atom stereocenters. The quantitative estimate of drug-likeness (QED) is 0.456. The van der Waals surface area contributed by atoms with Crippen molar-refractivity contribution in [3.05, 3.63) is 29.1 Å². The highest BCUT2D eigenvalue weighted by Crippen LogP contribution is 2.19. The standard InChI is InChI=1S/C15H22N4S.HI/c16-15(19-7-9-20-10-8-19)17-11-13-6-5-12-3-1-2-4-14(12)18-13;/h5-6H,1-4,7-11H2,(H2,16,17);1H. The van der Waals surface area contributed by atoms with Crippen molar-refractivity contribution in [2.24, 2.45) is 10.7 Å². The number of halogens is 1. The molecule has 0 spiro atoms. The van der Waals surface area contributed by atoms with Gasteiger partial charge in [-0.2, -0.15) is 11.8 Å². The predicted octanol–water partition coefficient (Wildman–Crippen LogP) is 2.44. The number of pyridine rings is 1. The Bertz CT molecular complexity index is 500. The molecule has 1 fully saturated rings. The van der Waals surface area contributed by atoms with Crippen LogP contribution in [0.4, 0.5) is 0 Å².